The van der Waals surface area contributed by atoms with Crippen molar-refractivity contribution in [2.24, 2.45) is 0 Å². The van der Waals surface area contributed by atoms with Crippen LogP contribution in [0.2, 0.25) is 0 Å². The Morgan fingerprint density at radius 3 is 2.83 bits per heavy atom. The van der Waals surface area contributed by atoms with Crippen LogP contribution in [0.15, 0.2) is 48.5 Å². The Bertz CT molecular complexity index is 701. The zero-order valence-corrected chi connectivity index (χ0v) is 13.2. The fraction of sp³-hybridized carbons (Fsp3) is 0.316. The molecule has 1 saturated heterocycles. The van der Waals surface area contributed by atoms with Gasteiger partial charge in [0, 0.05) is 12.6 Å². The lowest BCUT2D eigenvalue weighted by atomic mass is 10.1. The van der Waals surface area contributed by atoms with E-state index >= 15 is 0 Å². The van der Waals surface area contributed by atoms with Gasteiger partial charge >= 0.3 is 0 Å². The van der Waals surface area contributed by atoms with Crippen molar-refractivity contribution in [1.82, 2.24) is 4.90 Å². The number of hydrogen-bond donors (Lipinski definition) is 0. The Balaban J connectivity index is 1.70. The van der Waals surface area contributed by atoms with Gasteiger partial charge in [-0.3, -0.25) is 4.79 Å². The van der Waals surface area contributed by atoms with Crippen LogP contribution in [0.1, 0.15) is 25.3 Å². The lowest BCUT2D eigenvalue weighted by Gasteiger charge is -2.21. The summed E-state index contributed by atoms with van der Waals surface area (Å²) in [4.78, 5) is 14.3. The minimum Gasteiger partial charge on any atom is -0.454 e. The van der Waals surface area contributed by atoms with Crippen LogP contribution in [0.3, 0.4) is 0 Å². The van der Waals surface area contributed by atoms with Crippen molar-refractivity contribution in [2.75, 3.05) is 6.54 Å². The van der Waals surface area contributed by atoms with E-state index in [0.29, 0.717) is 18.2 Å². The third-order valence-corrected chi connectivity index (χ3v) is 4.19. The molecule has 23 heavy (non-hydrogen) atoms. The Kier molecular flexibility index (Phi) is 4.60. The Hall–Kier alpha value is -2.36. The molecule has 1 fully saturated rings. The number of amides is 1. The largest absolute Gasteiger partial charge is 0.454 e. The second kappa shape index (κ2) is 6.82. The molecule has 2 aromatic carbocycles. The number of halogens is 1. The molecule has 0 spiro atoms. The molecule has 3 rings (SSSR count). The molecule has 3 nitrogen and oxygen atoms in total. The highest BCUT2D eigenvalue weighted by Gasteiger charge is 2.24. The van der Waals surface area contributed by atoms with Crippen molar-refractivity contribution in [1.29, 1.82) is 0 Å². The van der Waals surface area contributed by atoms with Crippen molar-refractivity contribution in [3.63, 3.8) is 0 Å². The molecular formula is C19H20FNO2. The topological polar surface area (TPSA) is 29.5 Å². The summed E-state index contributed by atoms with van der Waals surface area (Å²) in [7, 11) is 0. The van der Waals surface area contributed by atoms with Crippen LogP contribution in [-0.4, -0.2) is 23.4 Å². The first-order valence-corrected chi connectivity index (χ1v) is 7.94. The number of carbonyl (C=O) groups excluding carboxylic acids is 1. The average molecular weight is 313 g/mol. The molecule has 1 heterocycles. The van der Waals surface area contributed by atoms with Gasteiger partial charge in [-0.1, -0.05) is 24.3 Å². The first-order chi connectivity index (χ1) is 11.1. The van der Waals surface area contributed by atoms with E-state index in [1.807, 2.05) is 17.0 Å². The van der Waals surface area contributed by atoms with Gasteiger partial charge in [0.2, 0.25) is 5.91 Å². The molecule has 0 N–H and O–H groups in total. The van der Waals surface area contributed by atoms with Gasteiger partial charge in [0.1, 0.15) is 5.75 Å². The van der Waals surface area contributed by atoms with Crippen LogP contribution in [0.5, 0.6) is 11.5 Å². The monoisotopic (exact) mass is 313 g/mol. The van der Waals surface area contributed by atoms with E-state index in [1.165, 1.54) is 6.07 Å². The van der Waals surface area contributed by atoms with Gasteiger partial charge in [-0.15, -0.1) is 0 Å². The maximum absolute atomic E-state index is 13.6. The Labute approximate surface area is 135 Å². The summed E-state index contributed by atoms with van der Waals surface area (Å²) >= 11 is 0. The van der Waals surface area contributed by atoms with Crippen molar-refractivity contribution in [3.05, 3.63) is 59.9 Å². The highest BCUT2D eigenvalue weighted by atomic mass is 19.1. The zero-order valence-electron chi connectivity index (χ0n) is 13.2. The van der Waals surface area contributed by atoms with E-state index in [-0.39, 0.29) is 11.7 Å². The minimum absolute atomic E-state index is 0.137. The molecule has 0 saturated carbocycles. The molecule has 120 valence electrons. The van der Waals surface area contributed by atoms with Crippen molar-refractivity contribution in [2.45, 2.75) is 32.2 Å². The lowest BCUT2D eigenvalue weighted by Crippen LogP contribution is -2.34. The molecule has 0 radical (unpaired) electrons. The SMILES string of the molecule is CC1CCCN1C(=O)Cc1cccc(Oc2ccccc2F)c1. The van der Waals surface area contributed by atoms with Crippen LogP contribution >= 0.6 is 0 Å². The highest BCUT2D eigenvalue weighted by Crippen LogP contribution is 2.25. The van der Waals surface area contributed by atoms with Crippen LogP contribution in [0.25, 0.3) is 0 Å². The van der Waals surface area contributed by atoms with Gasteiger partial charge in [0.05, 0.1) is 6.42 Å². The predicted molar refractivity (Wildman–Crippen MR) is 87.0 cm³/mol. The molecule has 1 amide bonds. The zero-order chi connectivity index (χ0) is 16.2. The van der Waals surface area contributed by atoms with E-state index < -0.39 is 5.82 Å². The van der Waals surface area contributed by atoms with Gasteiger partial charge < -0.3 is 9.64 Å². The van der Waals surface area contributed by atoms with Crippen LogP contribution in [-0.2, 0) is 11.2 Å². The van der Waals surface area contributed by atoms with Gasteiger partial charge in [-0.25, -0.2) is 4.39 Å². The third-order valence-electron chi connectivity index (χ3n) is 4.19. The Morgan fingerprint density at radius 2 is 2.09 bits per heavy atom. The van der Waals surface area contributed by atoms with Crippen molar-refractivity contribution >= 4 is 5.91 Å². The van der Waals surface area contributed by atoms with E-state index in [4.69, 9.17) is 4.74 Å². The molecule has 1 aliphatic heterocycles. The maximum atomic E-state index is 13.6. The number of carbonyl (C=O) groups is 1. The summed E-state index contributed by atoms with van der Waals surface area (Å²) in [6.07, 6.45) is 2.49. The number of para-hydroxylation sites is 1. The third kappa shape index (κ3) is 3.70. The second-order valence-electron chi connectivity index (χ2n) is 5.94. The Morgan fingerprint density at radius 1 is 1.26 bits per heavy atom. The molecule has 2 aromatic rings. The quantitative estimate of drug-likeness (QED) is 0.848. The summed E-state index contributed by atoms with van der Waals surface area (Å²) in [5.74, 6) is 0.455. The normalized spacial score (nSPS) is 17.3. The molecule has 0 aromatic heterocycles. The maximum Gasteiger partial charge on any atom is 0.227 e. The van der Waals surface area contributed by atoms with Gasteiger partial charge in [0.25, 0.3) is 0 Å². The number of likely N-dealkylation sites (tertiary alicyclic amines) is 1. The van der Waals surface area contributed by atoms with Gasteiger partial charge in [-0.2, -0.15) is 0 Å². The minimum atomic E-state index is -0.403. The molecule has 1 unspecified atom stereocenters. The molecule has 0 bridgehead atoms. The molecular weight excluding hydrogens is 293 g/mol. The van der Waals surface area contributed by atoms with Gasteiger partial charge in [0.15, 0.2) is 11.6 Å². The molecule has 1 aliphatic rings. The van der Waals surface area contributed by atoms with Crippen LogP contribution < -0.4 is 4.74 Å². The second-order valence-corrected chi connectivity index (χ2v) is 5.94. The number of benzene rings is 2. The predicted octanol–water partition coefficient (Wildman–Crippen LogP) is 4.17. The fourth-order valence-corrected chi connectivity index (χ4v) is 2.95. The van der Waals surface area contributed by atoms with Crippen molar-refractivity contribution in [3.8, 4) is 11.5 Å². The number of hydrogen-bond acceptors (Lipinski definition) is 2. The first-order valence-electron chi connectivity index (χ1n) is 7.94. The van der Waals surface area contributed by atoms with E-state index in [2.05, 4.69) is 6.92 Å². The van der Waals surface area contributed by atoms with E-state index in [0.717, 1.165) is 24.9 Å². The highest BCUT2D eigenvalue weighted by molar-refractivity contribution is 5.79. The van der Waals surface area contributed by atoms with Gasteiger partial charge in [-0.05, 0) is 49.6 Å². The molecule has 4 heteroatoms. The van der Waals surface area contributed by atoms with E-state index in [9.17, 15) is 9.18 Å². The summed E-state index contributed by atoms with van der Waals surface area (Å²) in [5.41, 5.74) is 0.878. The summed E-state index contributed by atoms with van der Waals surface area (Å²) in [6, 6.07) is 13.9. The van der Waals surface area contributed by atoms with Crippen LogP contribution in [0.4, 0.5) is 4.39 Å². The lowest BCUT2D eigenvalue weighted by molar-refractivity contribution is -0.130. The first kappa shape index (κ1) is 15.5. The summed E-state index contributed by atoms with van der Waals surface area (Å²) in [5, 5.41) is 0. The fourth-order valence-electron chi connectivity index (χ4n) is 2.95. The number of ether oxygens (including phenoxy) is 1. The number of nitrogens with zero attached hydrogens (tertiary/aromatic N) is 1. The standard InChI is InChI=1S/C19H20FNO2/c1-14-6-5-11-21(14)19(22)13-15-7-4-8-16(12-15)23-18-10-3-2-9-17(18)20/h2-4,7-10,12,14H,5-6,11,13H2,1H3. The number of rotatable bonds is 4. The summed E-state index contributed by atoms with van der Waals surface area (Å²) in [6.45, 7) is 2.92. The summed E-state index contributed by atoms with van der Waals surface area (Å²) < 4.78 is 19.2. The van der Waals surface area contributed by atoms with E-state index in [1.54, 1.807) is 30.3 Å². The average Bonchev–Trinajstić information content (AvgIpc) is 2.96. The van der Waals surface area contributed by atoms with Crippen molar-refractivity contribution < 1.29 is 13.9 Å². The smallest absolute Gasteiger partial charge is 0.227 e. The van der Waals surface area contributed by atoms with Crippen LogP contribution in [0, 0.1) is 5.82 Å². The molecule has 0 aliphatic carbocycles. The molecule has 1 atom stereocenters.